The van der Waals surface area contributed by atoms with Crippen LogP contribution in [0.4, 0.5) is 4.39 Å². The molecule has 0 amide bonds. The minimum atomic E-state index is -0.188. The molecule has 2 N–H and O–H groups in total. The highest BCUT2D eigenvalue weighted by Crippen LogP contribution is 2.18. The predicted octanol–water partition coefficient (Wildman–Crippen LogP) is 3.65. The van der Waals surface area contributed by atoms with E-state index in [4.69, 9.17) is 4.52 Å². The molecule has 0 saturated heterocycles. The van der Waals surface area contributed by atoms with Crippen molar-refractivity contribution in [2.45, 2.75) is 33.2 Å². The van der Waals surface area contributed by atoms with Crippen molar-refractivity contribution in [2.75, 3.05) is 13.6 Å². The second-order valence-electron chi connectivity index (χ2n) is 6.75. The number of hydrogen-bond acceptors (Lipinski definition) is 4. The van der Waals surface area contributed by atoms with Gasteiger partial charge < -0.3 is 15.2 Å². The Morgan fingerprint density at radius 3 is 2.52 bits per heavy atom. The molecule has 2 aromatic carbocycles. The molecule has 0 unspecified atom stereocenters. The molecule has 0 radical (unpaired) electrons. The largest absolute Gasteiger partial charge is 0.356 e. The highest BCUT2D eigenvalue weighted by molar-refractivity contribution is 5.79. The molecule has 0 atom stereocenters. The number of halogens is 1. The van der Waals surface area contributed by atoms with E-state index in [9.17, 15) is 4.39 Å². The summed E-state index contributed by atoms with van der Waals surface area (Å²) in [5.41, 5.74) is 3.76. The summed E-state index contributed by atoms with van der Waals surface area (Å²) in [5, 5.41) is 10.5. The molecule has 7 heteroatoms. The Bertz CT molecular complexity index is 966. The van der Waals surface area contributed by atoms with Crippen molar-refractivity contribution in [3.05, 3.63) is 70.8 Å². The van der Waals surface area contributed by atoms with Crippen molar-refractivity contribution in [2.24, 2.45) is 4.99 Å². The van der Waals surface area contributed by atoms with Crippen LogP contribution < -0.4 is 10.6 Å². The molecular weight excluding hydrogens is 369 g/mol. The Kier molecular flexibility index (Phi) is 6.94. The third-order valence-electron chi connectivity index (χ3n) is 4.60. The fraction of sp³-hybridized carbons (Fsp3) is 0.318. The van der Waals surface area contributed by atoms with Gasteiger partial charge in [0.2, 0.25) is 0 Å². The number of aliphatic imine (C=N–C) groups is 1. The van der Waals surface area contributed by atoms with Gasteiger partial charge in [0.05, 0.1) is 0 Å². The van der Waals surface area contributed by atoms with Crippen LogP contribution in [0.2, 0.25) is 0 Å². The van der Waals surface area contributed by atoms with Crippen LogP contribution in [-0.4, -0.2) is 29.7 Å². The molecule has 1 heterocycles. The average molecular weight is 395 g/mol. The lowest BCUT2D eigenvalue weighted by Gasteiger charge is -2.12. The van der Waals surface area contributed by atoms with Crippen LogP contribution in [0.3, 0.4) is 0 Å². The van der Waals surface area contributed by atoms with Crippen LogP contribution in [0.15, 0.2) is 52.0 Å². The summed E-state index contributed by atoms with van der Waals surface area (Å²) in [7, 11) is 1.73. The summed E-state index contributed by atoms with van der Waals surface area (Å²) in [5.74, 6) is 1.78. The zero-order valence-electron chi connectivity index (χ0n) is 17.0. The summed E-state index contributed by atoms with van der Waals surface area (Å²) in [4.78, 5) is 8.58. The van der Waals surface area contributed by atoms with E-state index in [1.165, 1.54) is 11.6 Å². The van der Waals surface area contributed by atoms with Gasteiger partial charge in [-0.05, 0) is 48.2 Å². The van der Waals surface area contributed by atoms with E-state index in [0.717, 1.165) is 30.5 Å². The lowest BCUT2D eigenvalue weighted by atomic mass is 10.1. The highest BCUT2D eigenvalue weighted by atomic mass is 19.1. The molecule has 0 spiro atoms. The summed E-state index contributed by atoms with van der Waals surface area (Å²) in [6, 6.07) is 13.2. The Balaban J connectivity index is 1.47. The molecular formula is C22H26FN5O. The first-order valence-corrected chi connectivity index (χ1v) is 9.70. The smallest absolute Gasteiger partial charge is 0.257 e. The van der Waals surface area contributed by atoms with Gasteiger partial charge in [-0.2, -0.15) is 4.98 Å². The number of benzene rings is 2. The summed E-state index contributed by atoms with van der Waals surface area (Å²) in [6.07, 6.45) is 1.60. The van der Waals surface area contributed by atoms with Gasteiger partial charge in [0, 0.05) is 32.1 Å². The maximum absolute atomic E-state index is 13.4. The Morgan fingerprint density at radius 1 is 1.10 bits per heavy atom. The van der Waals surface area contributed by atoms with Crippen LogP contribution in [0.5, 0.6) is 0 Å². The van der Waals surface area contributed by atoms with Crippen molar-refractivity contribution < 1.29 is 8.91 Å². The molecule has 29 heavy (non-hydrogen) atoms. The number of rotatable bonds is 7. The number of hydrogen-bond donors (Lipinski definition) is 2. The van der Waals surface area contributed by atoms with Gasteiger partial charge in [-0.1, -0.05) is 36.3 Å². The van der Waals surface area contributed by atoms with E-state index in [2.05, 4.69) is 37.9 Å². The van der Waals surface area contributed by atoms with Gasteiger partial charge in [0.15, 0.2) is 11.8 Å². The van der Waals surface area contributed by atoms with E-state index in [1.807, 2.05) is 25.1 Å². The van der Waals surface area contributed by atoms with E-state index < -0.39 is 0 Å². The van der Waals surface area contributed by atoms with Crippen molar-refractivity contribution in [1.29, 1.82) is 0 Å². The van der Waals surface area contributed by atoms with Crippen LogP contribution in [0.1, 0.15) is 29.4 Å². The molecule has 0 fully saturated rings. The molecule has 0 saturated carbocycles. The molecule has 1 aromatic heterocycles. The maximum atomic E-state index is 13.4. The van der Waals surface area contributed by atoms with Crippen molar-refractivity contribution in [3.8, 4) is 11.5 Å². The maximum Gasteiger partial charge on any atom is 0.257 e. The number of aromatic nitrogens is 2. The lowest BCUT2D eigenvalue weighted by Crippen LogP contribution is -2.37. The number of guanidine groups is 1. The van der Waals surface area contributed by atoms with Crippen molar-refractivity contribution >= 4 is 5.96 Å². The van der Waals surface area contributed by atoms with Crippen LogP contribution in [0, 0.1) is 12.7 Å². The molecule has 6 nitrogen and oxygen atoms in total. The van der Waals surface area contributed by atoms with Gasteiger partial charge in [-0.25, -0.2) is 4.39 Å². The van der Waals surface area contributed by atoms with Crippen molar-refractivity contribution in [1.82, 2.24) is 20.8 Å². The quantitative estimate of drug-likeness (QED) is 0.472. The molecule has 0 aliphatic heterocycles. The Hall–Kier alpha value is -3.22. The lowest BCUT2D eigenvalue weighted by molar-refractivity contribution is 0.423. The molecule has 0 bridgehead atoms. The second-order valence-corrected chi connectivity index (χ2v) is 6.75. The molecule has 0 aliphatic carbocycles. The van der Waals surface area contributed by atoms with E-state index in [0.29, 0.717) is 29.8 Å². The minimum Gasteiger partial charge on any atom is -0.356 e. The fourth-order valence-corrected chi connectivity index (χ4v) is 2.88. The predicted molar refractivity (Wildman–Crippen MR) is 112 cm³/mol. The number of nitrogens with one attached hydrogen (secondary N) is 2. The second kappa shape index (κ2) is 9.82. The number of nitrogens with zero attached hydrogens (tertiary/aromatic N) is 3. The first-order chi connectivity index (χ1) is 14.1. The molecule has 3 aromatic rings. The summed E-state index contributed by atoms with van der Waals surface area (Å²) < 4.78 is 18.6. The van der Waals surface area contributed by atoms with E-state index >= 15 is 0 Å². The normalized spacial score (nSPS) is 11.5. The Morgan fingerprint density at radius 2 is 1.86 bits per heavy atom. The van der Waals surface area contributed by atoms with Crippen LogP contribution in [-0.2, 0) is 19.4 Å². The van der Waals surface area contributed by atoms with E-state index in [-0.39, 0.29) is 5.82 Å². The van der Waals surface area contributed by atoms with Gasteiger partial charge in [-0.15, -0.1) is 0 Å². The highest BCUT2D eigenvalue weighted by Gasteiger charge is 2.07. The first-order valence-electron chi connectivity index (χ1n) is 9.70. The van der Waals surface area contributed by atoms with Crippen LogP contribution >= 0.6 is 0 Å². The monoisotopic (exact) mass is 395 g/mol. The van der Waals surface area contributed by atoms with Gasteiger partial charge in [0.25, 0.3) is 5.89 Å². The standard InChI is InChI=1S/C22H26FN5O/c1-4-20-27-21(29-28-20)18-8-5-16(6-9-18)11-12-25-22(24-3)26-14-17-7-10-19(23)15(2)13-17/h5-10,13H,4,11-12,14H2,1-3H3,(H2,24,25,26). The average Bonchev–Trinajstić information content (AvgIpc) is 3.23. The molecule has 3 rings (SSSR count). The minimum absolute atomic E-state index is 0.188. The zero-order valence-corrected chi connectivity index (χ0v) is 17.0. The van der Waals surface area contributed by atoms with E-state index in [1.54, 1.807) is 20.0 Å². The Labute approximate surface area is 170 Å². The van der Waals surface area contributed by atoms with Gasteiger partial charge >= 0.3 is 0 Å². The van der Waals surface area contributed by atoms with Crippen molar-refractivity contribution in [3.63, 3.8) is 0 Å². The molecule has 152 valence electrons. The van der Waals surface area contributed by atoms with Gasteiger partial charge in [0.1, 0.15) is 5.82 Å². The van der Waals surface area contributed by atoms with Gasteiger partial charge in [-0.3, -0.25) is 4.99 Å². The zero-order chi connectivity index (χ0) is 20.6. The SMILES string of the molecule is CCc1noc(-c2ccc(CCNC(=NC)NCc3ccc(F)c(C)c3)cc2)n1. The molecule has 0 aliphatic rings. The summed E-state index contributed by atoms with van der Waals surface area (Å²) >= 11 is 0. The van der Waals surface area contributed by atoms with Crippen LogP contribution in [0.25, 0.3) is 11.5 Å². The third-order valence-corrected chi connectivity index (χ3v) is 4.60. The topological polar surface area (TPSA) is 75.3 Å². The summed E-state index contributed by atoms with van der Waals surface area (Å²) in [6.45, 7) is 5.08. The first kappa shape index (κ1) is 20.5. The number of aryl methyl sites for hydroxylation is 2. The third kappa shape index (κ3) is 5.63. The fourth-order valence-electron chi connectivity index (χ4n) is 2.88.